The molecule has 1 aliphatic rings. The highest BCUT2D eigenvalue weighted by Crippen LogP contribution is 2.17. The average Bonchev–Trinajstić information content (AvgIpc) is 2.60. The van der Waals surface area contributed by atoms with E-state index in [1.807, 2.05) is 25.7 Å². The van der Waals surface area contributed by atoms with Crippen LogP contribution in [0.5, 0.6) is 0 Å². The molecule has 1 amide bonds. The average molecular weight is 214 g/mol. The molecule has 0 aromatic heterocycles. The van der Waals surface area contributed by atoms with Gasteiger partial charge in [-0.2, -0.15) is 0 Å². The Morgan fingerprint density at radius 1 is 1.53 bits per heavy atom. The second-order valence-corrected chi connectivity index (χ2v) is 5.02. The molecule has 0 radical (unpaired) electrons. The van der Waals surface area contributed by atoms with Crippen molar-refractivity contribution in [3.63, 3.8) is 0 Å². The van der Waals surface area contributed by atoms with E-state index in [4.69, 9.17) is 10.5 Å². The van der Waals surface area contributed by atoms with Crippen LogP contribution in [0.1, 0.15) is 33.6 Å². The molecule has 0 aromatic rings. The summed E-state index contributed by atoms with van der Waals surface area (Å²) in [4.78, 5) is 13.7. The van der Waals surface area contributed by atoms with Crippen molar-refractivity contribution in [2.75, 3.05) is 19.7 Å². The number of hydrogen-bond donors (Lipinski definition) is 1. The van der Waals surface area contributed by atoms with Crippen LogP contribution in [0.4, 0.5) is 0 Å². The summed E-state index contributed by atoms with van der Waals surface area (Å²) in [5.74, 6) is 0.0675. The largest absolute Gasteiger partial charge is 0.366 e. The lowest BCUT2D eigenvalue weighted by atomic mass is 10.2. The minimum absolute atomic E-state index is 0.0675. The predicted molar refractivity (Wildman–Crippen MR) is 59.5 cm³/mol. The molecule has 4 heteroatoms. The number of nitrogens with two attached hydrogens (primary N) is 1. The van der Waals surface area contributed by atoms with Gasteiger partial charge in [0.15, 0.2) is 0 Å². The van der Waals surface area contributed by atoms with Gasteiger partial charge in [-0.05, 0) is 33.6 Å². The Balaban J connectivity index is 2.40. The van der Waals surface area contributed by atoms with Crippen molar-refractivity contribution < 1.29 is 9.53 Å². The first-order valence-electron chi connectivity index (χ1n) is 5.57. The normalized spacial score (nSPS) is 22.1. The van der Waals surface area contributed by atoms with Crippen LogP contribution in [-0.4, -0.2) is 42.1 Å². The number of carbonyl (C=O) groups is 1. The summed E-state index contributed by atoms with van der Waals surface area (Å²) in [5.41, 5.74) is 5.35. The third-order valence-electron chi connectivity index (χ3n) is 2.60. The van der Waals surface area contributed by atoms with E-state index in [0.717, 1.165) is 19.4 Å². The molecule has 15 heavy (non-hydrogen) atoms. The fraction of sp³-hybridized carbons (Fsp3) is 0.909. The molecule has 0 spiro atoms. The maximum atomic E-state index is 11.8. The van der Waals surface area contributed by atoms with Crippen molar-refractivity contribution >= 4 is 5.91 Å². The van der Waals surface area contributed by atoms with E-state index in [2.05, 4.69) is 0 Å². The molecule has 0 saturated carbocycles. The molecular formula is C11H22N2O2. The van der Waals surface area contributed by atoms with Gasteiger partial charge in [-0.3, -0.25) is 4.79 Å². The number of ether oxygens (including phenoxy) is 1. The summed E-state index contributed by atoms with van der Waals surface area (Å²) in [6, 6.07) is 0.223. The number of amides is 1. The van der Waals surface area contributed by atoms with Crippen LogP contribution < -0.4 is 5.73 Å². The number of rotatable bonds is 3. The fourth-order valence-corrected chi connectivity index (χ4v) is 1.77. The van der Waals surface area contributed by atoms with Gasteiger partial charge in [-0.25, -0.2) is 0 Å². The molecule has 1 heterocycles. The Hall–Kier alpha value is -0.610. The summed E-state index contributed by atoms with van der Waals surface area (Å²) in [5, 5.41) is 0. The number of carbonyl (C=O) groups excluding carboxylic acids is 1. The second-order valence-electron chi connectivity index (χ2n) is 5.02. The van der Waals surface area contributed by atoms with Crippen LogP contribution in [0.15, 0.2) is 0 Å². The van der Waals surface area contributed by atoms with E-state index in [1.54, 1.807) is 0 Å². The minimum atomic E-state index is -0.256. The molecule has 1 saturated heterocycles. The van der Waals surface area contributed by atoms with Crippen LogP contribution in [0.25, 0.3) is 0 Å². The molecule has 0 bridgehead atoms. The molecule has 1 atom stereocenters. The molecule has 1 rings (SSSR count). The molecule has 1 aliphatic heterocycles. The van der Waals surface area contributed by atoms with Gasteiger partial charge in [0.2, 0.25) is 5.91 Å². The lowest BCUT2D eigenvalue weighted by Crippen LogP contribution is -2.42. The smallest absolute Gasteiger partial charge is 0.248 e. The van der Waals surface area contributed by atoms with Crippen LogP contribution in [0.2, 0.25) is 0 Å². The molecular weight excluding hydrogens is 192 g/mol. The Labute approximate surface area is 91.8 Å². The summed E-state index contributed by atoms with van der Waals surface area (Å²) in [7, 11) is 0. The first kappa shape index (κ1) is 12.5. The third kappa shape index (κ3) is 3.80. The van der Waals surface area contributed by atoms with Gasteiger partial charge in [0.25, 0.3) is 0 Å². The van der Waals surface area contributed by atoms with Crippen LogP contribution in [0, 0.1) is 0 Å². The highest BCUT2D eigenvalue weighted by molar-refractivity contribution is 5.78. The number of nitrogens with zero attached hydrogens (tertiary/aromatic N) is 1. The SMILES string of the molecule is CC(C)(C)OCC(=O)N1CCCC1CN. The second kappa shape index (κ2) is 4.94. The van der Waals surface area contributed by atoms with E-state index in [0.29, 0.717) is 6.54 Å². The van der Waals surface area contributed by atoms with Crippen molar-refractivity contribution in [3.8, 4) is 0 Å². The van der Waals surface area contributed by atoms with Gasteiger partial charge in [-0.15, -0.1) is 0 Å². The monoisotopic (exact) mass is 214 g/mol. The highest BCUT2D eigenvalue weighted by Gasteiger charge is 2.28. The molecule has 0 aromatic carbocycles. The van der Waals surface area contributed by atoms with Gasteiger partial charge < -0.3 is 15.4 Å². The Kier molecular flexibility index (Phi) is 4.11. The Morgan fingerprint density at radius 2 is 2.20 bits per heavy atom. The predicted octanol–water partition coefficient (Wildman–Crippen LogP) is 0.751. The van der Waals surface area contributed by atoms with Crippen molar-refractivity contribution in [1.29, 1.82) is 0 Å². The lowest BCUT2D eigenvalue weighted by molar-refractivity contribution is -0.141. The zero-order valence-corrected chi connectivity index (χ0v) is 9.95. The first-order chi connectivity index (χ1) is 6.94. The number of likely N-dealkylation sites (tertiary alicyclic amines) is 1. The quantitative estimate of drug-likeness (QED) is 0.754. The van der Waals surface area contributed by atoms with E-state index in [1.165, 1.54) is 0 Å². The summed E-state index contributed by atoms with van der Waals surface area (Å²) in [6.45, 7) is 7.40. The molecule has 2 N–H and O–H groups in total. The van der Waals surface area contributed by atoms with Gasteiger partial charge in [-0.1, -0.05) is 0 Å². The fourth-order valence-electron chi connectivity index (χ4n) is 1.77. The highest BCUT2D eigenvalue weighted by atomic mass is 16.5. The van der Waals surface area contributed by atoms with Crippen molar-refractivity contribution in [3.05, 3.63) is 0 Å². The third-order valence-corrected chi connectivity index (χ3v) is 2.60. The molecule has 1 unspecified atom stereocenters. The van der Waals surface area contributed by atoms with Crippen molar-refractivity contribution in [2.45, 2.75) is 45.3 Å². The van der Waals surface area contributed by atoms with E-state index in [9.17, 15) is 4.79 Å². The standard InChI is InChI=1S/C11H22N2O2/c1-11(2,3)15-8-10(14)13-6-4-5-9(13)7-12/h9H,4-8,12H2,1-3H3. The van der Waals surface area contributed by atoms with Crippen LogP contribution >= 0.6 is 0 Å². The van der Waals surface area contributed by atoms with Crippen LogP contribution in [-0.2, 0) is 9.53 Å². The summed E-state index contributed by atoms with van der Waals surface area (Å²) in [6.07, 6.45) is 2.08. The minimum Gasteiger partial charge on any atom is -0.366 e. The van der Waals surface area contributed by atoms with Gasteiger partial charge in [0.05, 0.1) is 5.60 Å². The van der Waals surface area contributed by atoms with Gasteiger partial charge in [0.1, 0.15) is 6.61 Å². The number of hydrogen-bond acceptors (Lipinski definition) is 3. The van der Waals surface area contributed by atoms with Gasteiger partial charge in [0, 0.05) is 19.1 Å². The molecule has 0 aliphatic carbocycles. The van der Waals surface area contributed by atoms with Crippen molar-refractivity contribution in [2.24, 2.45) is 5.73 Å². The maximum absolute atomic E-state index is 11.8. The maximum Gasteiger partial charge on any atom is 0.248 e. The first-order valence-corrected chi connectivity index (χ1v) is 5.57. The van der Waals surface area contributed by atoms with E-state index >= 15 is 0 Å². The lowest BCUT2D eigenvalue weighted by Gasteiger charge is -2.26. The Bertz CT molecular complexity index is 223. The zero-order valence-electron chi connectivity index (χ0n) is 9.95. The van der Waals surface area contributed by atoms with Crippen LogP contribution in [0.3, 0.4) is 0 Å². The summed E-state index contributed by atoms with van der Waals surface area (Å²) < 4.78 is 5.46. The molecule has 1 fully saturated rings. The summed E-state index contributed by atoms with van der Waals surface area (Å²) >= 11 is 0. The van der Waals surface area contributed by atoms with E-state index < -0.39 is 0 Å². The zero-order chi connectivity index (χ0) is 11.5. The van der Waals surface area contributed by atoms with Gasteiger partial charge >= 0.3 is 0 Å². The molecule has 88 valence electrons. The van der Waals surface area contributed by atoms with E-state index in [-0.39, 0.29) is 24.2 Å². The molecule has 4 nitrogen and oxygen atoms in total. The van der Waals surface area contributed by atoms with Crippen molar-refractivity contribution in [1.82, 2.24) is 4.90 Å². The topological polar surface area (TPSA) is 55.6 Å². The Morgan fingerprint density at radius 3 is 2.73 bits per heavy atom.